The topological polar surface area (TPSA) is 74.2 Å². The number of ether oxygens (including phenoxy) is 1. The molecule has 2 N–H and O–H groups in total. The number of rotatable bonds is 8. The van der Waals surface area contributed by atoms with Crippen molar-refractivity contribution in [1.82, 2.24) is 5.43 Å². The largest absolute Gasteiger partial charge is 0.507 e. The van der Waals surface area contributed by atoms with E-state index in [2.05, 4.69) is 45.2 Å². The molecule has 0 saturated carbocycles. The van der Waals surface area contributed by atoms with E-state index in [0.29, 0.717) is 11.3 Å². The second-order valence-corrected chi connectivity index (χ2v) is 6.37. The Kier molecular flexibility index (Phi) is 7.47. The van der Waals surface area contributed by atoms with E-state index < -0.39 is 0 Å². The van der Waals surface area contributed by atoms with Crippen LogP contribution in [0.4, 0.5) is 5.69 Å². The number of hydrogen-bond acceptors (Lipinski definition) is 5. The summed E-state index contributed by atoms with van der Waals surface area (Å²) in [4.78, 5) is 13.9. The van der Waals surface area contributed by atoms with Gasteiger partial charge in [-0.2, -0.15) is 5.10 Å². The average Bonchev–Trinajstić information content (AvgIpc) is 2.64. The number of nitrogens with zero attached hydrogens (tertiary/aromatic N) is 2. The number of halogens is 1. The normalized spacial score (nSPS) is 10.7. The summed E-state index contributed by atoms with van der Waals surface area (Å²) in [5.41, 5.74) is 3.84. The van der Waals surface area contributed by atoms with E-state index in [1.54, 1.807) is 24.3 Å². The monoisotopic (exact) mass is 419 g/mol. The van der Waals surface area contributed by atoms with E-state index in [-0.39, 0.29) is 18.3 Å². The van der Waals surface area contributed by atoms with Crippen LogP contribution in [0.5, 0.6) is 11.5 Å². The molecular formula is C19H22BrN3O3. The van der Waals surface area contributed by atoms with Crippen LogP contribution >= 0.6 is 15.9 Å². The first-order valence-electron chi connectivity index (χ1n) is 8.31. The van der Waals surface area contributed by atoms with Crippen LogP contribution < -0.4 is 15.1 Å². The number of phenols is 1. The molecule has 7 heteroatoms. The fraction of sp³-hybridized carbons (Fsp3) is 0.263. The highest BCUT2D eigenvalue weighted by molar-refractivity contribution is 9.10. The maximum Gasteiger partial charge on any atom is 0.277 e. The highest BCUT2D eigenvalue weighted by atomic mass is 79.9. The van der Waals surface area contributed by atoms with Crippen molar-refractivity contribution < 1.29 is 14.6 Å². The van der Waals surface area contributed by atoms with Gasteiger partial charge in [-0.3, -0.25) is 4.79 Å². The number of benzene rings is 2. The lowest BCUT2D eigenvalue weighted by molar-refractivity contribution is -0.123. The predicted octanol–water partition coefficient (Wildman–Crippen LogP) is 3.53. The van der Waals surface area contributed by atoms with Crippen molar-refractivity contribution in [1.29, 1.82) is 0 Å². The summed E-state index contributed by atoms with van der Waals surface area (Å²) in [6.45, 7) is 5.69. The van der Waals surface area contributed by atoms with Crippen molar-refractivity contribution in [3.63, 3.8) is 0 Å². The third kappa shape index (κ3) is 5.77. The Morgan fingerprint density at radius 1 is 1.23 bits per heavy atom. The minimum atomic E-state index is -0.386. The third-order valence-corrected chi connectivity index (χ3v) is 4.25. The number of amides is 1. The summed E-state index contributed by atoms with van der Waals surface area (Å²) >= 11 is 3.33. The Bertz CT molecular complexity index is 759. The minimum absolute atomic E-state index is 0.110. The molecule has 0 heterocycles. The van der Waals surface area contributed by atoms with Crippen molar-refractivity contribution in [3.8, 4) is 11.5 Å². The van der Waals surface area contributed by atoms with Crippen molar-refractivity contribution in [2.45, 2.75) is 13.8 Å². The van der Waals surface area contributed by atoms with E-state index in [1.165, 1.54) is 6.21 Å². The van der Waals surface area contributed by atoms with Crippen LogP contribution in [-0.2, 0) is 4.79 Å². The van der Waals surface area contributed by atoms with Crippen molar-refractivity contribution >= 4 is 33.7 Å². The quantitative estimate of drug-likeness (QED) is 0.506. The van der Waals surface area contributed by atoms with Gasteiger partial charge in [-0.05, 0) is 50.2 Å². The highest BCUT2D eigenvalue weighted by Crippen LogP contribution is 2.23. The lowest BCUT2D eigenvalue weighted by atomic mass is 10.2. The van der Waals surface area contributed by atoms with Crippen LogP contribution in [-0.4, -0.2) is 36.9 Å². The van der Waals surface area contributed by atoms with Gasteiger partial charge in [-0.15, -0.1) is 0 Å². The third-order valence-electron chi connectivity index (χ3n) is 3.72. The van der Waals surface area contributed by atoms with Gasteiger partial charge >= 0.3 is 0 Å². The molecule has 26 heavy (non-hydrogen) atoms. The van der Waals surface area contributed by atoms with Gasteiger partial charge in [0, 0.05) is 34.9 Å². The number of anilines is 1. The van der Waals surface area contributed by atoms with Crippen LogP contribution in [0.2, 0.25) is 0 Å². The predicted molar refractivity (Wildman–Crippen MR) is 107 cm³/mol. The van der Waals surface area contributed by atoms with E-state index in [1.807, 2.05) is 18.2 Å². The molecule has 0 aliphatic heterocycles. The number of carbonyl (C=O) groups excluding carboxylic acids is 1. The number of carbonyl (C=O) groups is 1. The molecule has 0 aliphatic rings. The molecule has 2 aromatic carbocycles. The van der Waals surface area contributed by atoms with Crippen LogP contribution in [0.3, 0.4) is 0 Å². The first-order chi connectivity index (χ1) is 12.5. The molecule has 0 aliphatic carbocycles. The summed E-state index contributed by atoms with van der Waals surface area (Å²) in [6, 6.07) is 12.5. The summed E-state index contributed by atoms with van der Waals surface area (Å²) in [6.07, 6.45) is 1.40. The minimum Gasteiger partial charge on any atom is -0.507 e. The van der Waals surface area contributed by atoms with Gasteiger partial charge in [0.1, 0.15) is 11.5 Å². The fourth-order valence-electron chi connectivity index (χ4n) is 2.31. The molecule has 0 unspecified atom stereocenters. The van der Waals surface area contributed by atoms with Crippen molar-refractivity contribution in [2.75, 3.05) is 24.6 Å². The standard InChI is InChI=1S/C19H22BrN3O3/c1-3-23(4-2)16-8-5-14(18(24)11-16)12-21-22-19(25)13-26-17-9-6-15(20)7-10-17/h5-12,24H,3-4,13H2,1-2H3,(H,22,25). The highest BCUT2D eigenvalue weighted by Gasteiger charge is 2.06. The Morgan fingerprint density at radius 3 is 2.54 bits per heavy atom. The Morgan fingerprint density at radius 2 is 1.92 bits per heavy atom. The number of nitrogens with one attached hydrogen (secondary N) is 1. The summed E-state index contributed by atoms with van der Waals surface area (Å²) < 4.78 is 6.29. The lowest BCUT2D eigenvalue weighted by Crippen LogP contribution is -2.24. The maximum atomic E-state index is 11.8. The first kappa shape index (κ1) is 19.8. The lowest BCUT2D eigenvalue weighted by Gasteiger charge is -2.21. The Hall–Kier alpha value is -2.54. The number of phenolic OH excluding ortho intramolecular Hbond substituents is 1. The molecule has 138 valence electrons. The molecule has 0 saturated heterocycles. The van der Waals surface area contributed by atoms with Gasteiger partial charge < -0.3 is 14.7 Å². The van der Waals surface area contributed by atoms with Gasteiger partial charge in [0.15, 0.2) is 6.61 Å². The molecular weight excluding hydrogens is 398 g/mol. The van der Waals surface area contributed by atoms with E-state index in [9.17, 15) is 9.90 Å². The van der Waals surface area contributed by atoms with Crippen molar-refractivity contribution in [2.24, 2.45) is 5.10 Å². The maximum absolute atomic E-state index is 11.8. The zero-order valence-corrected chi connectivity index (χ0v) is 16.4. The fourth-order valence-corrected chi connectivity index (χ4v) is 2.58. The summed E-state index contributed by atoms with van der Waals surface area (Å²) in [5.74, 6) is 0.318. The summed E-state index contributed by atoms with van der Waals surface area (Å²) in [5, 5.41) is 14.0. The summed E-state index contributed by atoms with van der Waals surface area (Å²) in [7, 11) is 0. The van der Waals surface area contributed by atoms with E-state index in [4.69, 9.17) is 4.74 Å². The van der Waals surface area contributed by atoms with Gasteiger partial charge in [-0.25, -0.2) is 5.43 Å². The second kappa shape index (κ2) is 9.82. The molecule has 2 aromatic rings. The molecule has 0 aromatic heterocycles. The van der Waals surface area contributed by atoms with Crippen molar-refractivity contribution in [3.05, 3.63) is 52.5 Å². The first-order valence-corrected chi connectivity index (χ1v) is 9.11. The smallest absolute Gasteiger partial charge is 0.277 e. The molecule has 0 atom stereocenters. The van der Waals surface area contributed by atoms with Crippen LogP contribution in [0.15, 0.2) is 52.0 Å². The van der Waals surface area contributed by atoms with Gasteiger partial charge in [0.05, 0.1) is 6.21 Å². The van der Waals surface area contributed by atoms with Gasteiger partial charge in [-0.1, -0.05) is 15.9 Å². The van der Waals surface area contributed by atoms with Crippen LogP contribution in [0.1, 0.15) is 19.4 Å². The van der Waals surface area contributed by atoms with E-state index in [0.717, 1.165) is 23.2 Å². The number of hydrogen-bond donors (Lipinski definition) is 2. The van der Waals surface area contributed by atoms with Crippen LogP contribution in [0.25, 0.3) is 0 Å². The van der Waals surface area contributed by atoms with Crippen LogP contribution in [0, 0.1) is 0 Å². The number of aromatic hydroxyl groups is 1. The molecule has 0 radical (unpaired) electrons. The van der Waals surface area contributed by atoms with Gasteiger partial charge in [0.2, 0.25) is 0 Å². The molecule has 0 fully saturated rings. The molecule has 6 nitrogen and oxygen atoms in total. The Labute approximate surface area is 161 Å². The average molecular weight is 420 g/mol. The zero-order chi connectivity index (χ0) is 18.9. The second-order valence-electron chi connectivity index (χ2n) is 5.45. The van der Waals surface area contributed by atoms with E-state index >= 15 is 0 Å². The Balaban J connectivity index is 1.87. The molecule has 2 rings (SSSR count). The molecule has 1 amide bonds. The zero-order valence-electron chi connectivity index (χ0n) is 14.8. The molecule has 0 spiro atoms. The SMILES string of the molecule is CCN(CC)c1ccc(C=NNC(=O)COc2ccc(Br)cc2)c(O)c1. The number of hydrazone groups is 1. The molecule has 0 bridgehead atoms. The van der Waals surface area contributed by atoms with Gasteiger partial charge in [0.25, 0.3) is 5.91 Å².